The molecule has 1 aliphatic heterocycles. The first-order valence-electron chi connectivity index (χ1n) is 11.2. The maximum absolute atomic E-state index is 14.5. The summed E-state index contributed by atoms with van der Waals surface area (Å²) in [5.41, 5.74) is 3.98. The van der Waals surface area contributed by atoms with Crippen LogP contribution in [0.4, 0.5) is 15.9 Å². The number of aromatic nitrogens is 3. The van der Waals surface area contributed by atoms with Gasteiger partial charge in [-0.05, 0) is 42.8 Å². The number of methoxy groups -OCH3 is 1. The molecule has 0 unspecified atom stereocenters. The van der Waals surface area contributed by atoms with Gasteiger partial charge >= 0.3 is 0 Å². The van der Waals surface area contributed by atoms with Crippen molar-refractivity contribution in [2.24, 2.45) is 0 Å². The van der Waals surface area contributed by atoms with Gasteiger partial charge in [0.2, 0.25) is 0 Å². The highest BCUT2D eigenvalue weighted by atomic mass is 35.5. The monoisotopic (exact) mass is 494 g/mol. The zero-order chi connectivity index (χ0) is 24.5. The largest absolute Gasteiger partial charge is 0.494 e. The first-order valence-corrected chi connectivity index (χ1v) is 11.6. The summed E-state index contributed by atoms with van der Waals surface area (Å²) in [6, 6.07) is 8.83. The van der Waals surface area contributed by atoms with Crippen LogP contribution in [0.1, 0.15) is 15.9 Å². The fraction of sp³-hybridized carbons (Fsp3) is 0.240. The van der Waals surface area contributed by atoms with Gasteiger partial charge < -0.3 is 20.3 Å². The number of nitrogens with one attached hydrogen (secondary N) is 2. The molecule has 0 spiro atoms. The van der Waals surface area contributed by atoms with Gasteiger partial charge in [0.05, 0.1) is 24.0 Å². The van der Waals surface area contributed by atoms with Crippen molar-refractivity contribution in [1.29, 1.82) is 0 Å². The van der Waals surface area contributed by atoms with E-state index in [1.165, 1.54) is 13.2 Å². The number of benzene rings is 2. The number of carbonyl (C=O) groups excluding carboxylic acids is 1. The van der Waals surface area contributed by atoms with E-state index in [0.717, 1.165) is 24.3 Å². The Hall–Kier alpha value is -3.69. The molecule has 2 N–H and O–H groups in total. The number of imidazole rings is 1. The molecule has 0 atom stereocenters. The van der Waals surface area contributed by atoms with Gasteiger partial charge in [0.25, 0.3) is 5.91 Å². The summed E-state index contributed by atoms with van der Waals surface area (Å²) in [5.74, 6) is 0.00695. The lowest BCUT2D eigenvalue weighted by molar-refractivity contribution is 0.0735. The van der Waals surface area contributed by atoms with Gasteiger partial charge in [-0.2, -0.15) is 0 Å². The number of piperazine rings is 1. The first-order chi connectivity index (χ1) is 17.0. The number of aryl methyl sites for hydroxylation is 1. The van der Waals surface area contributed by atoms with Crippen molar-refractivity contribution in [3.63, 3.8) is 0 Å². The Morgan fingerprint density at radius 2 is 2.00 bits per heavy atom. The topological polar surface area (TPSA) is 83.8 Å². The van der Waals surface area contributed by atoms with Gasteiger partial charge in [0.1, 0.15) is 0 Å². The van der Waals surface area contributed by atoms with Crippen LogP contribution in [-0.4, -0.2) is 58.5 Å². The Labute approximate surface area is 206 Å². The van der Waals surface area contributed by atoms with Crippen molar-refractivity contribution in [3.8, 4) is 17.0 Å². The second-order valence-corrected chi connectivity index (χ2v) is 8.63. The molecule has 0 radical (unpaired) electrons. The molecule has 35 heavy (non-hydrogen) atoms. The third-order valence-corrected chi connectivity index (χ3v) is 6.46. The summed E-state index contributed by atoms with van der Waals surface area (Å²) in [4.78, 5) is 23.7. The highest BCUT2D eigenvalue weighted by Crippen LogP contribution is 2.35. The highest BCUT2D eigenvalue weighted by molar-refractivity contribution is 6.33. The standard InChI is InChI=1S/C25H24ClFN6O2/c1-15-13-16(3-4-17(15)25(34)32-10-7-28-8-11-32)31-23-24-30-14-19(33(24)12-9-29-23)18-5-6-20(35-2)22(27)21(18)26/h3-6,9,12-14,28H,7-8,10-11H2,1-2H3,(H,29,31). The molecule has 1 saturated heterocycles. The highest BCUT2D eigenvalue weighted by Gasteiger charge is 2.20. The van der Waals surface area contributed by atoms with Crippen molar-refractivity contribution < 1.29 is 13.9 Å². The van der Waals surface area contributed by atoms with Crippen LogP contribution in [0.2, 0.25) is 5.02 Å². The molecule has 1 fully saturated rings. The van der Waals surface area contributed by atoms with Gasteiger partial charge in [-0.1, -0.05) is 11.6 Å². The Balaban J connectivity index is 1.44. The first kappa shape index (κ1) is 23.1. The van der Waals surface area contributed by atoms with Gasteiger partial charge in [0.15, 0.2) is 23.0 Å². The number of hydrogen-bond acceptors (Lipinski definition) is 6. The number of anilines is 2. The zero-order valence-corrected chi connectivity index (χ0v) is 20.1. The minimum absolute atomic E-state index is 0.0391. The van der Waals surface area contributed by atoms with Crippen LogP contribution in [0.5, 0.6) is 5.75 Å². The predicted molar refractivity (Wildman–Crippen MR) is 133 cm³/mol. The summed E-state index contributed by atoms with van der Waals surface area (Å²) in [6.07, 6.45) is 4.99. The van der Waals surface area contributed by atoms with Crippen LogP contribution in [0, 0.1) is 12.7 Å². The summed E-state index contributed by atoms with van der Waals surface area (Å²) < 4.78 is 21.3. The molecule has 1 aliphatic rings. The third-order valence-electron chi connectivity index (χ3n) is 6.09. The minimum atomic E-state index is -0.625. The van der Waals surface area contributed by atoms with E-state index in [0.29, 0.717) is 41.4 Å². The molecule has 5 rings (SSSR count). The predicted octanol–water partition coefficient (Wildman–Crippen LogP) is 4.29. The molecule has 0 aliphatic carbocycles. The number of fused-ring (bicyclic) bond motifs is 1. The molecule has 2 aromatic carbocycles. The van der Waals surface area contributed by atoms with E-state index in [9.17, 15) is 9.18 Å². The van der Waals surface area contributed by atoms with E-state index >= 15 is 0 Å². The second-order valence-electron chi connectivity index (χ2n) is 8.25. The van der Waals surface area contributed by atoms with Crippen molar-refractivity contribution in [1.82, 2.24) is 24.6 Å². The summed E-state index contributed by atoms with van der Waals surface area (Å²) in [5, 5.41) is 6.50. The van der Waals surface area contributed by atoms with Crippen LogP contribution in [0.3, 0.4) is 0 Å². The van der Waals surface area contributed by atoms with Gasteiger partial charge in [-0.3, -0.25) is 9.20 Å². The fourth-order valence-corrected chi connectivity index (χ4v) is 4.50. The summed E-state index contributed by atoms with van der Waals surface area (Å²) >= 11 is 6.29. The number of hydrogen-bond donors (Lipinski definition) is 2. The Morgan fingerprint density at radius 1 is 1.20 bits per heavy atom. The normalized spacial score (nSPS) is 13.8. The van der Waals surface area contributed by atoms with Crippen LogP contribution >= 0.6 is 11.6 Å². The number of rotatable bonds is 5. The average molecular weight is 495 g/mol. The van der Waals surface area contributed by atoms with Crippen LogP contribution in [0.15, 0.2) is 48.9 Å². The maximum atomic E-state index is 14.5. The molecule has 4 aromatic rings. The number of ether oxygens (including phenoxy) is 1. The van der Waals surface area contributed by atoms with Crippen molar-refractivity contribution in [2.75, 3.05) is 38.6 Å². The smallest absolute Gasteiger partial charge is 0.254 e. The van der Waals surface area contributed by atoms with Gasteiger partial charge in [-0.25, -0.2) is 14.4 Å². The second kappa shape index (κ2) is 9.52. The van der Waals surface area contributed by atoms with Crippen molar-refractivity contribution in [3.05, 3.63) is 70.9 Å². The Morgan fingerprint density at radius 3 is 2.74 bits per heavy atom. The van der Waals surface area contributed by atoms with E-state index < -0.39 is 5.82 Å². The van der Waals surface area contributed by atoms with Crippen LogP contribution in [0.25, 0.3) is 16.9 Å². The molecule has 8 nitrogen and oxygen atoms in total. The Bertz CT molecular complexity index is 1420. The van der Waals surface area contributed by atoms with Crippen LogP contribution < -0.4 is 15.4 Å². The minimum Gasteiger partial charge on any atom is -0.494 e. The lowest BCUT2D eigenvalue weighted by Crippen LogP contribution is -2.46. The van der Waals surface area contributed by atoms with E-state index in [1.807, 2.05) is 30.0 Å². The Kier molecular flexibility index (Phi) is 6.27. The van der Waals surface area contributed by atoms with E-state index in [2.05, 4.69) is 20.6 Å². The maximum Gasteiger partial charge on any atom is 0.254 e. The average Bonchev–Trinajstić information content (AvgIpc) is 3.31. The molecule has 3 heterocycles. The molecule has 180 valence electrons. The zero-order valence-electron chi connectivity index (χ0n) is 19.3. The fourth-order valence-electron chi connectivity index (χ4n) is 4.25. The lowest BCUT2D eigenvalue weighted by Gasteiger charge is -2.28. The van der Waals surface area contributed by atoms with Crippen molar-refractivity contribution >= 4 is 34.7 Å². The number of carbonyl (C=O) groups is 1. The quantitative estimate of drug-likeness (QED) is 0.430. The summed E-state index contributed by atoms with van der Waals surface area (Å²) in [7, 11) is 1.39. The number of amides is 1. The van der Waals surface area contributed by atoms with Gasteiger partial charge in [-0.15, -0.1) is 0 Å². The molecular weight excluding hydrogens is 471 g/mol. The summed E-state index contributed by atoms with van der Waals surface area (Å²) in [6.45, 7) is 4.94. The SMILES string of the molecule is COc1ccc(-c2cnc3c(Nc4ccc(C(=O)N5CCNCC5)c(C)c4)nccn23)c(Cl)c1F. The van der Waals surface area contributed by atoms with E-state index in [-0.39, 0.29) is 16.7 Å². The molecule has 2 aromatic heterocycles. The number of nitrogens with zero attached hydrogens (tertiary/aromatic N) is 4. The molecule has 0 saturated carbocycles. The van der Waals surface area contributed by atoms with Crippen molar-refractivity contribution in [2.45, 2.75) is 6.92 Å². The third kappa shape index (κ3) is 4.28. The van der Waals surface area contributed by atoms with E-state index in [1.54, 1.807) is 29.1 Å². The molecular formula is C25H24ClFN6O2. The molecule has 0 bridgehead atoms. The lowest BCUT2D eigenvalue weighted by atomic mass is 10.1. The van der Waals surface area contributed by atoms with Crippen LogP contribution in [-0.2, 0) is 0 Å². The molecule has 10 heteroatoms. The number of halogens is 2. The molecule has 1 amide bonds. The van der Waals surface area contributed by atoms with E-state index in [4.69, 9.17) is 16.3 Å². The van der Waals surface area contributed by atoms with Gasteiger partial charge in [0, 0.05) is 55.4 Å².